The first-order valence-electron chi connectivity index (χ1n) is 8.37. The molecule has 0 amide bonds. The highest BCUT2D eigenvalue weighted by molar-refractivity contribution is 6.30. The number of halogens is 1. The van der Waals surface area contributed by atoms with E-state index in [9.17, 15) is 5.11 Å². The zero-order valence-corrected chi connectivity index (χ0v) is 14.1. The molecule has 2 aromatic rings. The van der Waals surface area contributed by atoms with Crippen LogP contribution in [0.2, 0.25) is 5.02 Å². The van der Waals surface area contributed by atoms with Crippen LogP contribution < -0.4 is 0 Å². The quantitative estimate of drug-likeness (QED) is 0.613. The van der Waals surface area contributed by atoms with Gasteiger partial charge in [0.15, 0.2) is 5.60 Å². The van der Waals surface area contributed by atoms with Crippen molar-refractivity contribution in [3.05, 3.63) is 70.7 Å². The Morgan fingerprint density at radius 2 is 1.71 bits per heavy atom. The standard InChI is InChI=1S/C21H19ClO2/c22-18-10-8-16(9-11-18)12-15-20(23)13-4-5-14-21(20)19(24-21)17-6-2-1-3-7-17/h1-3,6-11,19,23H,4-5,13-14H2/t19-,20-,21+/m0/s1. The maximum Gasteiger partial charge on any atom is 0.157 e. The van der Waals surface area contributed by atoms with Crippen molar-refractivity contribution in [2.45, 2.75) is 43.0 Å². The number of aliphatic hydroxyl groups is 1. The lowest BCUT2D eigenvalue weighted by atomic mass is 9.72. The maximum absolute atomic E-state index is 11.3. The fourth-order valence-electron chi connectivity index (χ4n) is 3.71. The SMILES string of the molecule is O[C@]1(C#Cc2ccc(Cl)cc2)CCCC[C@]12O[C@H]2c1ccccc1. The van der Waals surface area contributed by atoms with E-state index in [-0.39, 0.29) is 6.10 Å². The van der Waals surface area contributed by atoms with Gasteiger partial charge in [-0.25, -0.2) is 0 Å². The summed E-state index contributed by atoms with van der Waals surface area (Å²) in [5.41, 5.74) is 0.300. The molecule has 24 heavy (non-hydrogen) atoms. The van der Waals surface area contributed by atoms with Crippen LogP contribution in [0.5, 0.6) is 0 Å². The maximum atomic E-state index is 11.3. The van der Waals surface area contributed by atoms with Crippen LogP contribution in [-0.2, 0) is 4.74 Å². The summed E-state index contributed by atoms with van der Waals surface area (Å²) in [6.07, 6.45) is 3.46. The normalized spacial score (nSPS) is 31.3. The van der Waals surface area contributed by atoms with Crippen LogP contribution in [-0.4, -0.2) is 16.3 Å². The molecule has 2 nitrogen and oxygen atoms in total. The highest BCUT2D eigenvalue weighted by Crippen LogP contribution is 2.61. The predicted molar refractivity (Wildman–Crippen MR) is 94.7 cm³/mol. The molecule has 1 spiro atoms. The van der Waals surface area contributed by atoms with E-state index >= 15 is 0 Å². The average molecular weight is 339 g/mol. The lowest BCUT2D eigenvalue weighted by Gasteiger charge is -2.34. The molecule has 122 valence electrons. The smallest absolute Gasteiger partial charge is 0.157 e. The van der Waals surface area contributed by atoms with Crippen molar-refractivity contribution in [3.8, 4) is 11.8 Å². The second-order valence-electron chi connectivity index (χ2n) is 6.62. The van der Waals surface area contributed by atoms with Crippen molar-refractivity contribution >= 4 is 11.6 Å². The molecule has 0 unspecified atom stereocenters. The zero-order valence-electron chi connectivity index (χ0n) is 13.3. The van der Waals surface area contributed by atoms with Crippen LogP contribution in [0.4, 0.5) is 0 Å². The molecule has 3 heteroatoms. The van der Waals surface area contributed by atoms with Gasteiger partial charge < -0.3 is 9.84 Å². The Morgan fingerprint density at radius 3 is 2.46 bits per heavy atom. The van der Waals surface area contributed by atoms with Crippen molar-refractivity contribution in [1.29, 1.82) is 0 Å². The zero-order chi connectivity index (χ0) is 16.6. The molecule has 2 fully saturated rings. The summed E-state index contributed by atoms with van der Waals surface area (Å²) in [5.74, 6) is 6.23. The van der Waals surface area contributed by atoms with Gasteiger partial charge in [0.05, 0.1) is 0 Å². The number of benzene rings is 2. The van der Waals surface area contributed by atoms with Crippen molar-refractivity contribution in [2.24, 2.45) is 0 Å². The van der Waals surface area contributed by atoms with Crippen molar-refractivity contribution in [3.63, 3.8) is 0 Å². The summed E-state index contributed by atoms with van der Waals surface area (Å²) < 4.78 is 6.08. The monoisotopic (exact) mass is 338 g/mol. The third-order valence-corrected chi connectivity index (χ3v) is 5.34. The van der Waals surface area contributed by atoms with Crippen LogP contribution >= 0.6 is 11.6 Å². The minimum atomic E-state index is -1.11. The van der Waals surface area contributed by atoms with E-state index < -0.39 is 11.2 Å². The Morgan fingerprint density at radius 1 is 1.00 bits per heavy atom. The molecule has 1 saturated heterocycles. The summed E-state index contributed by atoms with van der Waals surface area (Å²) in [6, 6.07) is 17.5. The Kier molecular flexibility index (Phi) is 3.89. The largest absolute Gasteiger partial charge is 0.374 e. The Bertz CT molecular complexity index is 790. The number of hydrogen-bond donors (Lipinski definition) is 1. The van der Waals surface area contributed by atoms with Crippen LogP contribution in [0.15, 0.2) is 54.6 Å². The first kappa shape index (κ1) is 15.7. The van der Waals surface area contributed by atoms with Gasteiger partial charge in [-0.05, 0) is 49.1 Å². The van der Waals surface area contributed by atoms with Gasteiger partial charge in [0.2, 0.25) is 0 Å². The summed E-state index contributed by atoms with van der Waals surface area (Å²) in [5, 5.41) is 12.0. The van der Waals surface area contributed by atoms with E-state index in [0.29, 0.717) is 11.4 Å². The van der Waals surface area contributed by atoms with E-state index in [1.165, 1.54) is 0 Å². The van der Waals surface area contributed by atoms with Crippen LogP contribution in [0.25, 0.3) is 0 Å². The van der Waals surface area contributed by atoms with Gasteiger partial charge in [0, 0.05) is 10.6 Å². The van der Waals surface area contributed by atoms with Gasteiger partial charge in [0.25, 0.3) is 0 Å². The number of ether oxygens (including phenoxy) is 1. The minimum absolute atomic E-state index is 0.0662. The highest BCUT2D eigenvalue weighted by atomic mass is 35.5. The van der Waals surface area contributed by atoms with Gasteiger partial charge in [-0.1, -0.05) is 60.2 Å². The molecule has 1 saturated carbocycles. The van der Waals surface area contributed by atoms with Crippen LogP contribution in [0.3, 0.4) is 0 Å². The molecule has 2 aliphatic rings. The Hall–Kier alpha value is -1.79. The average Bonchev–Trinajstić information content (AvgIpc) is 3.34. The first-order chi connectivity index (χ1) is 11.6. The predicted octanol–water partition coefficient (Wildman–Crippen LogP) is 4.51. The van der Waals surface area contributed by atoms with Gasteiger partial charge in [0.1, 0.15) is 11.7 Å². The van der Waals surface area contributed by atoms with Crippen molar-refractivity contribution in [1.82, 2.24) is 0 Å². The number of hydrogen-bond acceptors (Lipinski definition) is 2. The molecule has 1 aliphatic heterocycles. The second-order valence-corrected chi connectivity index (χ2v) is 7.06. The molecule has 1 heterocycles. The molecule has 0 bridgehead atoms. The fourth-order valence-corrected chi connectivity index (χ4v) is 3.84. The third kappa shape index (κ3) is 2.63. The molecule has 4 rings (SSSR count). The third-order valence-electron chi connectivity index (χ3n) is 5.09. The Balaban J connectivity index is 1.64. The summed E-state index contributed by atoms with van der Waals surface area (Å²) in [6.45, 7) is 0. The second kappa shape index (κ2) is 5.93. The molecular weight excluding hydrogens is 320 g/mol. The summed E-state index contributed by atoms with van der Waals surface area (Å²) >= 11 is 5.91. The molecule has 1 N–H and O–H groups in total. The van der Waals surface area contributed by atoms with E-state index in [4.69, 9.17) is 16.3 Å². The van der Waals surface area contributed by atoms with E-state index in [2.05, 4.69) is 24.0 Å². The minimum Gasteiger partial charge on any atom is -0.374 e. The lowest BCUT2D eigenvalue weighted by molar-refractivity contribution is -0.0182. The lowest BCUT2D eigenvalue weighted by Crippen LogP contribution is -2.47. The fraction of sp³-hybridized carbons (Fsp3) is 0.333. The number of rotatable bonds is 1. The van der Waals surface area contributed by atoms with Crippen molar-refractivity contribution in [2.75, 3.05) is 0 Å². The molecule has 2 aromatic carbocycles. The Labute approximate surface area is 147 Å². The van der Waals surface area contributed by atoms with E-state index in [1.54, 1.807) is 0 Å². The van der Waals surface area contributed by atoms with Crippen LogP contribution in [0.1, 0.15) is 42.9 Å². The van der Waals surface area contributed by atoms with Crippen molar-refractivity contribution < 1.29 is 9.84 Å². The summed E-state index contributed by atoms with van der Waals surface area (Å²) in [7, 11) is 0. The van der Waals surface area contributed by atoms with E-state index in [1.807, 2.05) is 42.5 Å². The molecule has 0 radical (unpaired) electrons. The first-order valence-corrected chi connectivity index (χ1v) is 8.75. The molecule has 0 aromatic heterocycles. The van der Waals surface area contributed by atoms with Gasteiger partial charge in [-0.3, -0.25) is 0 Å². The topological polar surface area (TPSA) is 32.8 Å². The van der Waals surface area contributed by atoms with E-state index in [0.717, 1.165) is 30.4 Å². The van der Waals surface area contributed by atoms with Gasteiger partial charge >= 0.3 is 0 Å². The summed E-state index contributed by atoms with van der Waals surface area (Å²) in [4.78, 5) is 0. The van der Waals surface area contributed by atoms with Crippen LogP contribution in [0, 0.1) is 11.8 Å². The number of epoxide rings is 1. The molecular formula is C21H19ClO2. The van der Waals surface area contributed by atoms with Gasteiger partial charge in [-0.2, -0.15) is 0 Å². The highest BCUT2D eigenvalue weighted by Gasteiger charge is 2.69. The molecule has 1 aliphatic carbocycles. The van der Waals surface area contributed by atoms with Gasteiger partial charge in [-0.15, -0.1) is 0 Å². The molecule has 3 atom stereocenters.